The summed E-state index contributed by atoms with van der Waals surface area (Å²) in [5.74, 6) is -1.27. The Labute approximate surface area is 128 Å². The Hall–Kier alpha value is -2.41. The zero-order valence-corrected chi connectivity index (χ0v) is 12.1. The van der Waals surface area contributed by atoms with E-state index < -0.39 is 5.97 Å². The fourth-order valence-electron chi connectivity index (χ4n) is 1.94. The molecule has 0 saturated carbocycles. The Morgan fingerprint density at radius 1 is 1.14 bits per heavy atom. The highest BCUT2D eigenvalue weighted by Gasteiger charge is 2.18. The van der Waals surface area contributed by atoms with Crippen molar-refractivity contribution in [3.63, 3.8) is 0 Å². The lowest BCUT2D eigenvalue weighted by molar-refractivity contribution is -0.152. The minimum Gasteiger partial charge on any atom is -0.454 e. The van der Waals surface area contributed by atoms with E-state index in [-0.39, 0.29) is 25.0 Å². The van der Waals surface area contributed by atoms with E-state index in [1.54, 1.807) is 35.2 Å². The van der Waals surface area contributed by atoms with Crippen molar-refractivity contribution in [2.75, 3.05) is 39.5 Å². The molecule has 2 amide bonds. The molecule has 118 valence electrons. The second-order valence-corrected chi connectivity index (χ2v) is 4.70. The lowest BCUT2D eigenvalue weighted by Crippen LogP contribution is -2.43. The van der Waals surface area contributed by atoms with Crippen LogP contribution in [0.15, 0.2) is 30.3 Å². The zero-order valence-electron chi connectivity index (χ0n) is 12.1. The van der Waals surface area contributed by atoms with Gasteiger partial charge in [0.25, 0.3) is 11.8 Å². The maximum Gasteiger partial charge on any atom is 0.325 e. The number of nitrogens with one attached hydrogen (secondary N) is 1. The molecule has 1 saturated heterocycles. The largest absolute Gasteiger partial charge is 0.454 e. The van der Waals surface area contributed by atoms with Crippen LogP contribution >= 0.6 is 0 Å². The fourth-order valence-corrected chi connectivity index (χ4v) is 1.94. The third kappa shape index (κ3) is 4.85. The number of esters is 1. The monoisotopic (exact) mass is 306 g/mol. The second-order valence-electron chi connectivity index (χ2n) is 4.70. The van der Waals surface area contributed by atoms with E-state index in [0.29, 0.717) is 31.9 Å². The van der Waals surface area contributed by atoms with Gasteiger partial charge in [0, 0.05) is 18.7 Å². The Bertz CT molecular complexity index is 526. The number of nitrogens with zero attached hydrogens (tertiary/aromatic N) is 1. The van der Waals surface area contributed by atoms with Gasteiger partial charge in [-0.3, -0.25) is 14.4 Å². The lowest BCUT2D eigenvalue weighted by Gasteiger charge is -2.26. The van der Waals surface area contributed by atoms with Gasteiger partial charge in [-0.2, -0.15) is 0 Å². The number of carbonyl (C=O) groups excluding carboxylic acids is 3. The SMILES string of the molecule is O=C(CNC(=O)c1ccccc1)OCC(=O)N1CCOCC1. The predicted molar refractivity (Wildman–Crippen MR) is 77.1 cm³/mol. The molecule has 0 aliphatic carbocycles. The molecule has 7 heteroatoms. The van der Waals surface area contributed by atoms with Gasteiger partial charge in [0.2, 0.25) is 0 Å². The predicted octanol–water partition coefficient (Wildman–Crippen LogP) is -0.182. The van der Waals surface area contributed by atoms with Crippen LogP contribution in [-0.4, -0.2) is 62.1 Å². The number of benzene rings is 1. The molecule has 1 fully saturated rings. The van der Waals surface area contributed by atoms with Crippen molar-refractivity contribution in [2.24, 2.45) is 0 Å². The third-order valence-electron chi connectivity index (χ3n) is 3.15. The van der Waals surface area contributed by atoms with Crippen LogP contribution in [0.2, 0.25) is 0 Å². The van der Waals surface area contributed by atoms with Crippen molar-refractivity contribution >= 4 is 17.8 Å². The second kappa shape index (κ2) is 8.14. The molecule has 0 atom stereocenters. The Kier molecular flexibility index (Phi) is 5.91. The summed E-state index contributed by atoms with van der Waals surface area (Å²) in [6.45, 7) is 1.39. The summed E-state index contributed by atoms with van der Waals surface area (Å²) in [6.07, 6.45) is 0. The molecule has 1 heterocycles. The number of ether oxygens (including phenoxy) is 2. The van der Waals surface area contributed by atoms with Gasteiger partial charge in [-0.1, -0.05) is 18.2 Å². The third-order valence-corrected chi connectivity index (χ3v) is 3.15. The summed E-state index contributed by atoms with van der Waals surface area (Å²) in [6, 6.07) is 8.54. The highest BCUT2D eigenvalue weighted by atomic mass is 16.5. The van der Waals surface area contributed by atoms with Crippen LogP contribution in [-0.2, 0) is 19.1 Å². The number of hydrogen-bond donors (Lipinski definition) is 1. The van der Waals surface area contributed by atoms with Crippen molar-refractivity contribution < 1.29 is 23.9 Å². The molecule has 1 aromatic carbocycles. The maximum atomic E-state index is 11.8. The molecule has 7 nitrogen and oxygen atoms in total. The van der Waals surface area contributed by atoms with Crippen LogP contribution < -0.4 is 5.32 Å². The Morgan fingerprint density at radius 2 is 1.82 bits per heavy atom. The van der Waals surface area contributed by atoms with E-state index in [9.17, 15) is 14.4 Å². The quantitative estimate of drug-likeness (QED) is 0.763. The van der Waals surface area contributed by atoms with Crippen molar-refractivity contribution in [1.29, 1.82) is 0 Å². The van der Waals surface area contributed by atoms with E-state index in [1.165, 1.54) is 0 Å². The Morgan fingerprint density at radius 3 is 2.50 bits per heavy atom. The lowest BCUT2D eigenvalue weighted by atomic mass is 10.2. The van der Waals surface area contributed by atoms with Crippen LogP contribution in [0, 0.1) is 0 Å². The van der Waals surface area contributed by atoms with E-state index in [0.717, 1.165) is 0 Å². The minimum absolute atomic E-state index is 0.258. The highest BCUT2D eigenvalue weighted by Crippen LogP contribution is 1.99. The molecule has 2 rings (SSSR count). The Balaban J connectivity index is 1.67. The molecule has 0 bridgehead atoms. The molecule has 0 radical (unpaired) electrons. The summed E-state index contributed by atoms with van der Waals surface area (Å²) in [4.78, 5) is 36.6. The standard InChI is InChI=1S/C15H18N2O5/c18-13(17-6-8-21-9-7-17)11-22-14(19)10-16-15(20)12-4-2-1-3-5-12/h1-5H,6-11H2,(H,16,20). The van der Waals surface area contributed by atoms with Gasteiger partial charge < -0.3 is 19.7 Å². The molecule has 22 heavy (non-hydrogen) atoms. The van der Waals surface area contributed by atoms with Gasteiger partial charge in [0.1, 0.15) is 6.54 Å². The highest BCUT2D eigenvalue weighted by molar-refractivity contribution is 5.96. The summed E-state index contributed by atoms with van der Waals surface area (Å²) < 4.78 is 9.99. The summed E-state index contributed by atoms with van der Waals surface area (Å²) >= 11 is 0. The molecule has 0 aromatic heterocycles. The van der Waals surface area contributed by atoms with Crippen molar-refractivity contribution in [1.82, 2.24) is 10.2 Å². The first-order valence-electron chi connectivity index (χ1n) is 7.01. The van der Waals surface area contributed by atoms with Crippen LogP contribution in [0.1, 0.15) is 10.4 Å². The molecule has 1 aliphatic rings. The molecular weight excluding hydrogens is 288 g/mol. The van der Waals surface area contributed by atoms with Gasteiger partial charge in [0.15, 0.2) is 6.61 Å². The van der Waals surface area contributed by atoms with Gasteiger partial charge >= 0.3 is 5.97 Å². The van der Waals surface area contributed by atoms with E-state index >= 15 is 0 Å². The smallest absolute Gasteiger partial charge is 0.325 e. The van der Waals surface area contributed by atoms with Gasteiger partial charge in [0.05, 0.1) is 13.2 Å². The van der Waals surface area contributed by atoms with Crippen LogP contribution in [0.3, 0.4) is 0 Å². The minimum atomic E-state index is -0.647. The van der Waals surface area contributed by atoms with Gasteiger partial charge in [-0.25, -0.2) is 0 Å². The molecule has 1 N–H and O–H groups in total. The van der Waals surface area contributed by atoms with Crippen LogP contribution in [0.4, 0.5) is 0 Å². The summed E-state index contributed by atoms with van der Waals surface area (Å²) in [5, 5.41) is 2.44. The number of hydrogen-bond acceptors (Lipinski definition) is 5. The first-order chi connectivity index (χ1) is 10.7. The molecular formula is C15H18N2O5. The maximum absolute atomic E-state index is 11.8. The van der Waals surface area contributed by atoms with Crippen LogP contribution in [0.5, 0.6) is 0 Å². The summed E-state index contributed by atoms with van der Waals surface area (Å²) in [7, 11) is 0. The van der Waals surface area contributed by atoms with Gasteiger partial charge in [-0.05, 0) is 12.1 Å². The normalized spacial score (nSPS) is 14.3. The first kappa shape index (κ1) is 16.0. The number of carbonyl (C=O) groups is 3. The van der Waals surface area contributed by atoms with E-state index in [2.05, 4.69) is 5.32 Å². The van der Waals surface area contributed by atoms with Crippen molar-refractivity contribution in [2.45, 2.75) is 0 Å². The molecule has 0 unspecified atom stereocenters. The first-order valence-corrected chi connectivity index (χ1v) is 7.01. The molecule has 1 aromatic rings. The number of amides is 2. The molecule has 1 aliphatic heterocycles. The topological polar surface area (TPSA) is 84.9 Å². The zero-order chi connectivity index (χ0) is 15.8. The van der Waals surface area contributed by atoms with Gasteiger partial charge in [-0.15, -0.1) is 0 Å². The average molecular weight is 306 g/mol. The number of rotatable bonds is 5. The van der Waals surface area contributed by atoms with Crippen LogP contribution in [0.25, 0.3) is 0 Å². The van der Waals surface area contributed by atoms with E-state index in [4.69, 9.17) is 9.47 Å². The number of morpholine rings is 1. The van der Waals surface area contributed by atoms with Crippen molar-refractivity contribution in [3.8, 4) is 0 Å². The summed E-state index contributed by atoms with van der Waals surface area (Å²) in [5.41, 5.74) is 0.458. The van der Waals surface area contributed by atoms with Crippen molar-refractivity contribution in [3.05, 3.63) is 35.9 Å². The average Bonchev–Trinajstić information content (AvgIpc) is 2.59. The fraction of sp³-hybridized carbons (Fsp3) is 0.400. The molecule has 0 spiro atoms. The van der Waals surface area contributed by atoms with E-state index in [1.807, 2.05) is 0 Å².